The zero-order chi connectivity index (χ0) is 23.4. The maximum absolute atomic E-state index is 13.7. The van der Waals surface area contributed by atoms with Gasteiger partial charge in [-0.3, -0.25) is 4.79 Å². The number of nitrogens with zero attached hydrogens (tertiary/aromatic N) is 1. The first kappa shape index (κ1) is 23.0. The van der Waals surface area contributed by atoms with Crippen molar-refractivity contribution in [3.05, 3.63) is 63.3 Å². The van der Waals surface area contributed by atoms with Gasteiger partial charge in [-0.25, -0.2) is 16.8 Å². The second kappa shape index (κ2) is 7.98. The molecule has 1 aromatic heterocycles. The van der Waals surface area contributed by atoms with Gasteiger partial charge in [0.2, 0.25) is 0 Å². The largest absolute Gasteiger partial charge is 0.360 e. The highest BCUT2D eigenvalue weighted by Gasteiger charge is 2.37. The van der Waals surface area contributed by atoms with Crippen molar-refractivity contribution in [1.82, 2.24) is 5.16 Å². The average Bonchev–Trinajstić information content (AvgIpc) is 3.44. The Hall–Kier alpha value is -2.20. The Balaban J connectivity index is 2.00. The van der Waals surface area contributed by atoms with Crippen LogP contribution in [-0.4, -0.2) is 40.3 Å². The number of hydrogen-bond acceptors (Lipinski definition) is 7. The summed E-state index contributed by atoms with van der Waals surface area (Å²) in [6.07, 6.45) is 3.54. The first-order valence-electron chi connectivity index (χ1n) is 9.42. The fourth-order valence-electron chi connectivity index (χ4n) is 3.45. The number of halogens is 2. The van der Waals surface area contributed by atoms with E-state index in [2.05, 4.69) is 5.16 Å². The minimum absolute atomic E-state index is 0.0170. The van der Waals surface area contributed by atoms with Crippen molar-refractivity contribution in [2.75, 3.05) is 12.5 Å². The van der Waals surface area contributed by atoms with E-state index in [-0.39, 0.29) is 48.1 Å². The Bertz CT molecular complexity index is 1470. The highest BCUT2D eigenvalue weighted by molar-refractivity contribution is 7.91. The molecule has 0 amide bonds. The number of carbonyl (C=O) groups excluding carboxylic acids is 1. The van der Waals surface area contributed by atoms with Crippen LogP contribution >= 0.6 is 23.2 Å². The molecule has 0 unspecified atom stereocenters. The summed E-state index contributed by atoms with van der Waals surface area (Å²) in [5.41, 5.74) is 0.0965. The predicted molar refractivity (Wildman–Crippen MR) is 120 cm³/mol. The standard InChI is InChI=1S/C21H17Cl2NO6S2/c1-31(26,27)16-9-12(22)5-7-14(16)19-18(21(30-24-19)11-3-4-11)20(25)15-8-6-13(23)10-17(15)32(2,28)29/h5-11H,3-4H2,1-2H3. The highest BCUT2D eigenvalue weighted by Crippen LogP contribution is 2.45. The second-order valence-corrected chi connectivity index (χ2v) is 12.5. The number of benzene rings is 2. The van der Waals surface area contributed by atoms with Crippen LogP contribution in [0.25, 0.3) is 11.3 Å². The van der Waals surface area contributed by atoms with Gasteiger partial charge in [0.25, 0.3) is 0 Å². The van der Waals surface area contributed by atoms with Crippen LogP contribution in [0, 0.1) is 0 Å². The van der Waals surface area contributed by atoms with Crippen LogP contribution in [0.2, 0.25) is 10.0 Å². The SMILES string of the molecule is CS(=O)(=O)c1cc(Cl)ccc1C(=O)c1c(-c2ccc(Cl)cc2S(C)(=O)=O)noc1C1CC1. The molecule has 11 heteroatoms. The van der Waals surface area contributed by atoms with Gasteiger partial charge in [-0.05, 0) is 49.2 Å². The van der Waals surface area contributed by atoms with Crippen molar-refractivity contribution < 1.29 is 26.2 Å². The van der Waals surface area contributed by atoms with Gasteiger partial charge in [0.15, 0.2) is 31.2 Å². The van der Waals surface area contributed by atoms with Crippen molar-refractivity contribution in [2.45, 2.75) is 28.6 Å². The Morgan fingerprint density at radius 2 is 1.50 bits per heavy atom. The van der Waals surface area contributed by atoms with Gasteiger partial charge in [0.05, 0.1) is 15.4 Å². The minimum Gasteiger partial charge on any atom is -0.360 e. The molecule has 0 saturated heterocycles. The molecule has 7 nitrogen and oxygen atoms in total. The van der Waals surface area contributed by atoms with Crippen LogP contribution in [0.1, 0.15) is 40.4 Å². The fourth-order valence-corrected chi connectivity index (χ4v) is 5.73. The molecule has 0 aliphatic heterocycles. The number of carbonyl (C=O) groups is 1. The van der Waals surface area contributed by atoms with Gasteiger partial charge in [0.1, 0.15) is 5.69 Å². The lowest BCUT2D eigenvalue weighted by atomic mass is 9.96. The van der Waals surface area contributed by atoms with Crippen LogP contribution in [0.3, 0.4) is 0 Å². The zero-order valence-electron chi connectivity index (χ0n) is 16.9. The summed E-state index contributed by atoms with van der Waals surface area (Å²) in [7, 11) is -7.53. The minimum atomic E-state index is -3.79. The quantitative estimate of drug-likeness (QED) is 0.443. The monoisotopic (exact) mass is 513 g/mol. The Morgan fingerprint density at radius 1 is 0.938 bits per heavy atom. The number of rotatable bonds is 6. The number of aromatic nitrogens is 1. The smallest absolute Gasteiger partial charge is 0.200 e. The molecule has 32 heavy (non-hydrogen) atoms. The summed E-state index contributed by atoms with van der Waals surface area (Å²) in [5, 5.41) is 4.39. The van der Waals surface area contributed by atoms with Crippen LogP contribution < -0.4 is 0 Å². The molecule has 4 rings (SSSR count). The fraction of sp³-hybridized carbons (Fsp3) is 0.238. The number of sulfone groups is 2. The second-order valence-electron chi connectivity index (χ2n) is 7.70. The van der Waals surface area contributed by atoms with Gasteiger partial charge in [-0.1, -0.05) is 28.4 Å². The molecular formula is C21H17Cl2NO6S2. The van der Waals surface area contributed by atoms with E-state index < -0.39 is 25.5 Å². The van der Waals surface area contributed by atoms with Crippen molar-refractivity contribution in [3.8, 4) is 11.3 Å². The Kier molecular flexibility index (Phi) is 5.73. The van der Waals surface area contributed by atoms with Crippen molar-refractivity contribution in [1.29, 1.82) is 0 Å². The van der Waals surface area contributed by atoms with Gasteiger partial charge in [-0.15, -0.1) is 0 Å². The summed E-state index contributed by atoms with van der Waals surface area (Å²) in [4.78, 5) is 13.3. The van der Waals surface area contributed by atoms with E-state index in [1.165, 1.54) is 36.4 Å². The molecule has 0 radical (unpaired) electrons. The summed E-state index contributed by atoms with van der Waals surface area (Å²) in [6.45, 7) is 0. The molecule has 1 aliphatic carbocycles. The summed E-state index contributed by atoms with van der Waals surface area (Å²) >= 11 is 12.0. The zero-order valence-corrected chi connectivity index (χ0v) is 20.1. The summed E-state index contributed by atoms with van der Waals surface area (Å²) in [5.74, 6) is -0.401. The molecule has 168 valence electrons. The molecular weight excluding hydrogens is 497 g/mol. The van der Waals surface area contributed by atoms with Crippen molar-refractivity contribution in [2.24, 2.45) is 0 Å². The van der Waals surface area contributed by atoms with Crippen LogP contribution in [0.5, 0.6) is 0 Å². The molecule has 0 spiro atoms. The first-order valence-corrected chi connectivity index (χ1v) is 14.0. The van der Waals surface area contributed by atoms with E-state index in [0.717, 1.165) is 25.4 Å². The third-order valence-electron chi connectivity index (χ3n) is 5.08. The summed E-state index contributed by atoms with van der Waals surface area (Å²) < 4.78 is 55.0. The van der Waals surface area contributed by atoms with E-state index in [1.54, 1.807) is 0 Å². The lowest BCUT2D eigenvalue weighted by molar-refractivity contribution is 0.103. The average molecular weight is 514 g/mol. The molecule has 3 aromatic rings. The van der Waals surface area contributed by atoms with Gasteiger partial charge >= 0.3 is 0 Å². The third kappa shape index (κ3) is 4.34. The maximum atomic E-state index is 13.7. The van der Waals surface area contributed by atoms with Gasteiger partial charge < -0.3 is 4.52 Å². The number of ketones is 1. The van der Waals surface area contributed by atoms with E-state index in [9.17, 15) is 21.6 Å². The molecule has 1 heterocycles. The normalized spacial score (nSPS) is 14.5. The molecule has 1 saturated carbocycles. The predicted octanol–water partition coefficient (Wildman–Crippen LogP) is 4.56. The molecule has 0 N–H and O–H groups in total. The Morgan fingerprint density at radius 3 is 2.06 bits per heavy atom. The first-order chi connectivity index (χ1) is 14.9. The maximum Gasteiger partial charge on any atom is 0.200 e. The lowest BCUT2D eigenvalue weighted by Crippen LogP contribution is -2.12. The Labute approximate surface area is 195 Å². The van der Waals surface area contributed by atoms with Crippen LogP contribution in [-0.2, 0) is 19.7 Å². The number of hydrogen-bond donors (Lipinski definition) is 0. The van der Waals surface area contributed by atoms with E-state index in [1.807, 2.05) is 0 Å². The van der Waals surface area contributed by atoms with Crippen molar-refractivity contribution in [3.63, 3.8) is 0 Å². The van der Waals surface area contributed by atoms with Crippen LogP contribution in [0.4, 0.5) is 0 Å². The topological polar surface area (TPSA) is 111 Å². The molecule has 0 atom stereocenters. The van der Waals surface area contributed by atoms with Gasteiger partial charge in [0, 0.05) is 39.6 Å². The lowest BCUT2D eigenvalue weighted by Gasteiger charge is -2.11. The molecule has 0 bridgehead atoms. The van der Waals surface area contributed by atoms with Crippen molar-refractivity contribution >= 4 is 48.7 Å². The van der Waals surface area contributed by atoms with Gasteiger partial charge in [-0.2, -0.15) is 0 Å². The molecule has 1 fully saturated rings. The third-order valence-corrected chi connectivity index (χ3v) is 7.82. The highest BCUT2D eigenvalue weighted by atomic mass is 35.5. The van der Waals surface area contributed by atoms with Crippen LogP contribution in [0.15, 0.2) is 50.7 Å². The molecule has 2 aromatic carbocycles. The van der Waals surface area contributed by atoms with E-state index in [4.69, 9.17) is 27.7 Å². The van der Waals surface area contributed by atoms with E-state index >= 15 is 0 Å². The summed E-state index contributed by atoms with van der Waals surface area (Å²) in [6, 6.07) is 8.15. The molecule has 1 aliphatic rings. The van der Waals surface area contributed by atoms with E-state index in [0.29, 0.717) is 5.76 Å².